The van der Waals surface area contributed by atoms with Crippen LogP contribution in [0.4, 0.5) is 0 Å². The van der Waals surface area contributed by atoms with Crippen LogP contribution in [0.1, 0.15) is 127 Å². The SMILES string of the molecule is CCCCN(C(=O)CCCCCCCCCCc1ccccc1)[C@H]1CC[C@H]2[C@H]3Cc4ccc(OC(C)=O)c5c4[C@@]2(CCN3CC2CC2O)[C@H]1O5. The first-order valence-corrected chi connectivity index (χ1v) is 20.2. The van der Waals surface area contributed by atoms with Gasteiger partial charge < -0.3 is 19.5 Å². The van der Waals surface area contributed by atoms with E-state index in [0.29, 0.717) is 30.0 Å². The predicted octanol–water partition coefficient (Wildman–Crippen LogP) is 7.78. The summed E-state index contributed by atoms with van der Waals surface area (Å²) in [6, 6.07) is 15.3. The van der Waals surface area contributed by atoms with Crippen molar-refractivity contribution < 1.29 is 24.2 Å². The van der Waals surface area contributed by atoms with E-state index in [4.69, 9.17) is 9.47 Å². The van der Waals surface area contributed by atoms with Gasteiger partial charge in [-0.3, -0.25) is 14.5 Å². The highest BCUT2D eigenvalue weighted by Gasteiger charge is 2.67. The van der Waals surface area contributed by atoms with Gasteiger partial charge in [-0.2, -0.15) is 0 Å². The average molecular weight is 685 g/mol. The van der Waals surface area contributed by atoms with E-state index >= 15 is 0 Å². The second kappa shape index (κ2) is 15.8. The Hall–Kier alpha value is -2.90. The molecule has 50 heavy (non-hydrogen) atoms. The summed E-state index contributed by atoms with van der Waals surface area (Å²) in [5.41, 5.74) is 3.83. The minimum atomic E-state index is -0.334. The van der Waals surface area contributed by atoms with Crippen LogP contribution in [-0.4, -0.2) is 70.7 Å². The molecule has 1 amide bonds. The molecule has 7 nitrogen and oxygen atoms in total. The largest absolute Gasteiger partial charge is 0.483 e. The Morgan fingerprint density at radius 1 is 0.980 bits per heavy atom. The van der Waals surface area contributed by atoms with Crippen LogP contribution in [0.3, 0.4) is 0 Å². The molecule has 2 aliphatic heterocycles. The molecule has 2 aromatic carbocycles. The number of carbonyl (C=O) groups is 2. The average Bonchev–Trinajstić information content (AvgIpc) is 3.69. The molecule has 1 spiro atoms. The van der Waals surface area contributed by atoms with Gasteiger partial charge in [0.05, 0.1) is 12.1 Å². The van der Waals surface area contributed by atoms with E-state index in [1.807, 2.05) is 6.07 Å². The third-order valence-corrected chi connectivity index (χ3v) is 12.9. The normalized spacial score (nSPS) is 28.9. The number of hydrogen-bond acceptors (Lipinski definition) is 6. The Morgan fingerprint density at radius 3 is 2.44 bits per heavy atom. The van der Waals surface area contributed by atoms with Gasteiger partial charge in [-0.15, -0.1) is 0 Å². The molecule has 7 heteroatoms. The minimum absolute atomic E-state index is 0.0159. The van der Waals surface area contributed by atoms with Gasteiger partial charge in [0.25, 0.3) is 0 Å². The van der Waals surface area contributed by atoms with Gasteiger partial charge in [-0.25, -0.2) is 0 Å². The van der Waals surface area contributed by atoms with E-state index in [1.54, 1.807) is 0 Å². The summed E-state index contributed by atoms with van der Waals surface area (Å²) >= 11 is 0. The molecule has 0 radical (unpaired) electrons. The smallest absolute Gasteiger partial charge is 0.308 e. The third kappa shape index (κ3) is 7.24. The predicted molar refractivity (Wildman–Crippen MR) is 196 cm³/mol. The van der Waals surface area contributed by atoms with E-state index < -0.39 is 0 Å². The van der Waals surface area contributed by atoms with Gasteiger partial charge in [0.1, 0.15) is 6.10 Å². The van der Waals surface area contributed by atoms with Crippen LogP contribution < -0.4 is 9.47 Å². The Kier molecular flexibility index (Phi) is 11.2. The maximum atomic E-state index is 14.2. The molecule has 2 bridgehead atoms. The van der Waals surface area contributed by atoms with E-state index in [-0.39, 0.29) is 35.5 Å². The zero-order valence-corrected chi connectivity index (χ0v) is 30.6. The first kappa shape index (κ1) is 35.5. The second-order valence-corrected chi connectivity index (χ2v) is 16.2. The van der Waals surface area contributed by atoms with Crippen molar-refractivity contribution in [1.29, 1.82) is 0 Å². The molecule has 1 N–H and O–H groups in total. The molecule has 0 aromatic heterocycles. The number of unbranched alkanes of at least 4 members (excludes halogenated alkanes) is 8. The topological polar surface area (TPSA) is 79.3 Å². The molecule has 272 valence electrons. The fourth-order valence-corrected chi connectivity index (χ4v) is 10.4. The number of benzene rings is 2. The lowest BCUT2D eigenvalue weighted by Gasteiger charge is -2.60. The number of aliphatic hydroxyl groups is 1. The van der Waals surface area contributed by atoms with Crippen LogP contribution in [0.15, 0.2) is 42.5 Å². The quantitative estimate of drug-likeness (QED) is 0.0982. The van der Waals surface area contributed by atoms with Crippen molar-refractivity contribution in [3.63, 3.8) is 0 Å². The number of piperidine rings is 1. The van der Waals surface area contributed by atoms with Gasteiger partial charge in [0, 0.05) is 49.4 Å². The number of nitrogens with zero attached hydrogens (tertiary/aromatic N) is 2. The minimum Gasteiger partial charge on any atom is -0.483 e. The summed E-state index contributed by atoms with van der Waals surface area (Å²) in [5, 5.41) is 10.2. The first-order chi connectivity index (χ1) is 24.4. The number of carbonyl (C=O) groups excluding carboxylic acids is 2. The Labute approximate surface area is 300 Å². The fourth-order valence-electron chi connectivity index (χ4n) is 10.4. The molecule has 7 rings (SSSR count). The second-order valence-electron chi connectivity index (χ2n) is 16.2. The molecule has 3 aliphatic carbocycles. The molecule has 2 unspecified atom stereocenters. The van der Waals surface area contributed by atoms with E-state index in [1.165, 1.54) is 68.6 Å². The lowest BCUT2D eigenvalue weighted by atomic mass is 9.51. The molecular weight excluding hydrogens is 624 g/mol. The van der Waals surface area contributed by atoms with Crippen LogP contribution in [0.2, 0.25) is 0 Å². The van der Waals surface area contributed by atoms with Crippen LogP contribution in [0, 0.1) is 11.8 Å². The highest BCUT2D eigenvalue weighted by Crippen LogP contribution is 2.64. The molecule has 2 saturated carbocycles. The molecule has 2 aromatic rings. The summed E-state index contributed by atoms with van der Waals surface area (Å²) in [6.45, 7) is 6.38. The molecule has 1 saturated heterocycles. The number of amides is 1. The monoisotopic (exact) mass is 684 g/mol. The van der Waals surface area contributed by atoms with E-state index in [0.717, 1.165) is 83.2 Å². The van der Waals surface area contributed by atoms with E-state index in [9.17, 15) is 14.7 Å². The number of aliphatic hydroxyl groups excluding tert-OH is 1. The number of rotatable bonds is 18. The molecule has 2 heterocycles. The van der Waals surface area contributed by atoms with Crippen LogP contribution in [0.5, 0.6) is 11.5 Å². The fraction of sp³-hybridized carbons (Fsp3) is 0.674. The standard InChI is InChI=1S/C43H60N2O5/c1-3-4-25-45(39(48)19-15-10-8-6-5-7-9-12-16-31-17-13-11-14-18-31)35-22-21-34-36-27-32-20-23-38(49-30(2)46)41-40(32)43(34,42(35)50-41)24-26-44(36)29-33-28-37(33)47/h11,13-14,17-18,20,23,33-37,42,47H,3-10,12,15-16,19,21-22,24-29H2,1-2H3/t33?,34-,35-,36+,37?,42-,43-/m0/s1. The zero-order chi connectivity index (χ0) is 34.7. The number of likely N-dealkylation sites (tertiary alicyclic amines) is 1. The van der Waals surface area contributed by atoms with Gasteiger partial charge in [0.15, 0.2) is 11.5 Å². The molecule has 5 aliphatic rings. The highest BCUT2D eigenvalue weighted by molar-refractivity contribution is 5.77. The first-order valence-electron chi connectivity index (χ1n) is 20.2. The van der Waals surface area contributed by atoms with Crippen molar-refractivity contribution in [1.82, 2.24) is 9.80 Å². The van der Waals surface area contributed by atoms with Crippen molar-refractivity contribution in [2.24, 2.45) is 11.8 Å². The van der Waals surface area contributed by atoms with Gasteiger partial charge in [-0.1, -0.05) is 88.3 Å². The Balaban J connectivity index is 0.996. The molecular formula is C43H60N2O5. The molecule has 7 atom stereocenters. The highest BCUT2D eigenvalue weighted by atomic mass is 16.6. The summed E-state index contributed by atoms with van der Waals surface area (Å²) < 4.78 is 12.8. The summed E-state index contributed by atoms with van der Waals surface area (Å²) in [4.78, 5) is 31.2. The summed E-state index contributed by atoms with van der Waals surface area (Å²) in [5.74, 6) is 2.06. The maximum Gasteiger partial charge on any atom is 0.308 e. The summed E-state index contributed by atoms with van der Waals surface area (Å²) in [6.07, 6.45) is 18.1. The lowest BCUT2D eigenvalue weighted by molar-refractivity contribution is -0.143. The van der Waals surface area contributed by atoms with Crippen LogP contribution in [-0.2, 0) is 27.8 Å². The number of ether oxygens (including phenoxy) is 2. The third-order valence-electron chi connectivity index (χ3n) is 12.9. The number of esters is 1. The van der Waals surface area contributed by atoms with Gasteiger partial charge in [0.2, 0.25) is 5.91 Å². The van der Waals surface area contributed by atoms with Crippen molar-refractivity contribution in [2.45, 2.75) is 153 Å². The summed E-state index contributed by atoms with van der Waals surface area (Å²) in [7, 11) is 0. The van der Waals surface area contributed by atoms with Gasteiger partial charge in [-0.05, 0) is 87.4 Å². The number of hydrogen-bond donors (Lipinski definition) is 1. The Morgan fingerprint density at radius 2 is 1.72 bits per heavy atom. The maximum absolute atomic E-state index is 14.2. The number of aryl methyl sites for hydroxylation is 1. The lowest BCUT2D eigenvalue weighted by Crippen LogP contribution is -2.69. The van der Waals surface area contributed by atoms with Crippen LogP contribution >= 0.6 is 0 Å². The van der Waals surface area contributed by atoms with Crippen molar-refractivity contribution in [2.75, 3.05) is 19.6 Å². The van der Waals surface area contributed by atoms with Crippen molar-refractivity contribution >= 4 is 11.9 Å². The van der Waals surface area contributed by atoms with Crippen molar-refractivity contribution in [3.8, 4) is 11.5 Å². The zero-order valence-electron chi connectivity index (χ0n) is 30.6. The van der Waals surface area contributed by atoms with Crippen molar-refractivity contribution in [3.05, 3.63) is 59.2 Å². The van der Waals surface area contributed by atoms with E-state index in [2.05, 4.69) is 53.1 Å². The Bertz CT molecular complexity index is 1480. The van der Waals surface area contributed by atoms with Gasteiger partial charge >= 0.3 is 5.97 Å². The molecule has 3 fully saturated rings. The van der Waals surface area contributed by atoms with Crippen LogP contribution in [0.25, 0.3) is 0 Å².